The molecule has 0 aliphatic carbocycles. The van der Waals surface area contributed by atoms with Gasteiger partial charge in [-0.2, -0.15) is 4.57 Å². The summed E-state index contributed by atoms with van der Waals surface area (Å²) in [6, 6.07) is 5.46. The van der Waals surface area contributed by atoms with Gasteiger partial charge in [0.1, 0.15) is 0 Å². The summed E-state index contributed by atoms with van der Waals surface area (Å²) in [6.07, 6.45) is 6.33. The molecule has 2 amide bonds. The first-order valence-electron chi connectivity index (χ1n) is 7.54. The molecule has 3 aromatic rings. The molecule has 10 nitrogen and oxygen atoms in total. The maximum atomic E-state index is 11.8. The van der Waals surface area contributed by atoms with Gasteiger partial charge in [0, 0.05) is 25.1 Å². The second-order valence-corrected chi connectivity index (χ2v) is 5.24. The van der Waals surface area contributed by atoms with E-state index in [2.05, 4.69) is 25.8 Å². The van der Waals surface area contributed by atoms with Crippen LogP contribution in [0.5, 0.6) is 0 Å². The van der Waals surface area contributed by atoms with E-state index >= 15 is 0 Å². The zero-order chi connectivity index (χ0) is 17.6. The standard InChI is InChI=1S/C15H15N7O3/c23-11(19-20-12(24)8-21-5-2-1-3-6-21)4-7-22-10-18-13-14(22)16-9-17-15(13)25/h1-3,5-6,9-10H,4,7-8H2,(H2-,16,17,19,20,23,24,25)/p+1. The summed E-state index contributed by atoms with van der Waals surface area (Å²) in [4.78, 5) is 45.6. The van der Waals surface area contributed by atoms with E-state index in [4.69, 9.17) is 0 Å². The molecule has 3 N–H and O–H groups in total. The molecule has 10 heteroatoms. The van der Waals surface area contributed by atoms with Gasteiger partial charge >= 0.3 is 5.91 Å². The molecule has 0 aliphatic heterocycles. The first kappa shape index (κ1) is 16.3. The number of aromatic amines is 1. The third-order valence-corrected chi connectivity index (χ3v) is 3.43. The number of hydrogen-bond acceptors (Lipinski definition) is 5. The quantitative estimate of drug-likeness (QED) is 0.390. The molecule has 0 spiro atoms. The Kier molecular flexibility index (Phi) is 4.79. The highest BCUT2D eigenvalue weighted by Gasteiger charge is 2.11. The Morgan fingerprint density at radius 1 is 1.12 bits per heavy atom. The van der Waals surface area contributed by atoms with Crippen LogP contribution in [0.3, 0.4) is 0 Å². The first-order valence-corrected chi connectivity index (χ1v) is 7.54. The van der Waals surface area contributed by atoms with Gasteiger partial charge in [-0.05, 0) is 0 Å². The smallest absolute Gasteiger partial charge is 0.304 e. The molecule has 0 aliphatic rings. The minimum Gasteiger partial charge on any atom is -0.315 e. The average Bonchev–Trinajstić information content (AvgIpc) is 3.03. The van der Waals surface area contributed by atoms with Crippen molar-refractivity contribution in [3.8, 4) is 0 Å². The van der Waals surface area contributed by atoms with Crippen molar-refractivity contribution in [1.29, 1.82) is 0 Å². The van der Waals surface area contributed by atoms with Gasteiger partial charge in [0.25, 0.3) is 5.56 Å². The second-order valence-electron chi connectivity index (χ2n) is 5.24. The van der Waals surface area contributed by atoms with Crippen molar-refractivity contribution in [2.45, 2.75) is 19.5 Å². The fourth-order valence-electron chi connectivity index (χ4n) is 2.22. The number of carbonyl (C=O) groups excluding carboxylic acids is 2. The summed E-state index contributed by atoms with van der Waals surface area (Å²) in [5.41, 5.74) is 4.99. The van der Waals surface area contributed by atoms with Crippen LogP contribution in [0.2, 0.25) is 0 Å². The number of aromatic nitrogens is 5. The molecule has 0 radical (unpaired) electrons. The summed E-state index contributed by atoms with van der Waals surface area (Å²) >= 11 is 0. The zero-order valence-corrected chi connectivity index (χ0v) is 13.2. The Morgan fingerprint density at radius 3 is 2.68 bits per heavy atom. The van der Waals surface area contributed by atoms with Gasteiger partial charge < -0.3 is 9.55 Å². The van der Waals surface area contributed by atoms with Crippen molar-refractivity contribution in [3.05, 3.63) is 53.6 Å². The maximum Gasteiger partial charge on any atom is 0.304 e. The van der Waals surface area contributed by atoms with Crippen LogP contribution in [-0.4, -0.2) is 31.3 Å². The Balaban J connectivity index is 1.48. The molecular weight excluding hydrogens is 326 g/mol. The summed E-state index contributed by atoms with van der Waals surface area (Å²) in [5.74, 6) is -0.705. The fraction of sp³-hybridized carbons (Fsp3) is 0.200. The van der Waals surface area contributed by atoms with E-state index in [0.717, 1.165) is 0 Å². The van der Waals surface area contributed by atoms with E-state index in [1.165, 1.54) is 12.7 Å². The molecule has 3 aromatic heterocycles. The number of fused-ring (bicyclic) bond motifs is 1. The summed E-state index contributed by atoms with van der Waals surface area (Å²) in [6.45, 7) is 0.377. The maximum absolute atomic E-state index is 11.8. The van der Waals surface area contributed by atoms with E-state index in [9.17, 15) is 14.4 Å². The zero-order valence-electron chi connectivity index (χ0n) is 13.2. The van der Waals surface area contributed by atoms with E-state index in [1.807, 2.05) is 6.07 Å². The largest absolute Gasteiger partial charge is 0.315 e. The molecular formula is C15H16N7O3+. The molecule has 0 unspecified atom stereocenters. The molecule has 3 heterocycles. The van der Waals surface area contributed by atoms with Gasteiger partial charge in [-0.3, -0.25) is 25.2 Å². The predicted molar refractivity (Wildman–Crippen MR) is 85.7 cm³/mol. The van der Waals surface area contributed by atoms with E-state index in [0.29, 0.717) is 5.65 Å². The molecule has 3 rings (SSSR count). The van der Waals surface area contributed by atoms with E-state index in [1.54, 1.807) is 33.7 Å². The van der Waals surface area contributed by atoms with Gasteiger partial charge in [-0.1, -0.05) is 6.07 Å². The second kappa shape index (κ2) is 7.34. The van der Waals surface area contributed by atoms with Gasteiger partial charge in [0.2, 0.25) is 12.5 Å². The molecule has 0 atom stereocenters. The van der Waals surface area contributed by atoms with E-state index in [-0.39, 0.29) is 42.4 Å². The van der Waals surface area contributed by atoms with Crippen LogP contribution in [0.15, 0.2) is 48.0 Å². The van der Waals surface area contributed by atoms with Crippen molar-refractivity contribution < 1.29 is 14.2 Å². The van der Waals surface area contributed by atoms with Crippen LogP contribution in [-0.2, 0) is 22.7 Å². The van der Waals surface area contributed by atoms with Crippen molar-refractivity contribution >= 4 is 23.0 Å². The number of pyridine rings is 1. The molecule has 25 heavy (non-hydrogen) atoms. The number of hydrogen-bond donors (Lipinski definition) is 3. The third kappa shape index (κ3) is 4.05. The molecule has 0 saturated carbocycles. The van der Waals surface area contributed by atoms with Crippen molar-refractivity contribution in [2.24, 2.45) is 0 Å². The van der Waals surface area contributed by atoms with Gasteiger partial charge in [0.15, 0.2) is 23.6 Å². The fourth-order valence-corrected chi connectivity index (χ4v) is 2.22. The SMILES string of the molecule is O=C(CCn1cnc2c(=O)[nH]cnc21)NNC(=O)C[n+]1ccccc1. The third-order valence-electron chi connectivity index (χ3n) is 3.43. The first-order chi connectivity index (χ1) is 12.1. The van der Waals surface area contributed by atoms with Crippen LogP contribution in [0, 0.1) is 0 Å². The minimum atomic E-state index is -0.363. The van der Waals surface area contributed by atoms with Crippen LogP contribution < -0.4 is 21.0 Å². The number of rotatable bonds is 5. The highest BCUT2D eigenvalue weighted by atomic mass is 16.2. The number of carbonyl (C=O) groups is 2. The normalized spacial score (nSPS) is 10.6. The highest BCUT2D eigenvalue weighted by molar-refractivity contribution is 5.81. The topological polar surface area (TPSA) is 126 Å². The Morgan fingerprint density at radius 2 is 1.88 bits per heavy atom. The lowest BCUT2D eigenvalue weighted by molar-refractivity contribution is -0.684. The van der Waals surface area contributed by atoms with E-state index < -0.39 is 0 Å². The van der Waals surface area contributed by atoms with Gasteiger partial charge in [-0.25, -0.2) is 9.97 Å². The molecule has 0 saturated heterocycles. The number of H-pyrrole nitrogens is 1. The van der Waals surface area contributed by atoms with Crippen LogP contribution in [0.4, 0.5) is 0 Å². The molecule has 128 valence electrons. The summed E-state index contributed by atoms with van der Waals surface area (Å²) < 4.78 is 3.29. The number of amides is 2. The van der Waals surface area contributed by atoms with Gasteiger partial charge in [-0.15, -0.1) is 0 Å². The van der Waals surface area contributed by atoms with Crippen molar-refractivity contribution in [2.75, 3.05) is 0 Å². The number of hydrazine groups is 1. The Hall–Kier alpha value is -3.56. The highest BCUT2D eigenvalue weighted by Crippen LogP contribution is 2.04. The summed E-state index contributed by atoms with van der Waals surface area (Å²) in [5, 5.41) is 0. The molecule has 0 bridgehead atoms. The average molecular weight is 342 g/mol. The minimum absolute atomic E-state index is 0.0959. The molecule has 0 aromatic carbocycles. The predicted octanol–water partition coefficient (Wildman–Crippen LogP) is -1.36. The Labute approximate surface area is 141 Å². The summed E-state index contributed by atoms with van der Waals surface area (Å²) in [7, 11) is 0. The number of imidazole rings is 1. The Bertz CT molecular complexity index is 948. The number of aryl methyl sites for hydroxylation is 1. The van der Waals surface area contributed by atoms with Crippen molar-refractivity contribution in [3.63, 3.8) is 0 Å². The number of nitrogens with one attached hydrogen (secondary N) is 3. The molecule has 0 fully saturated rings. The van der Waals surface area contributed by atoms with Crippen LogP contribution >= 0.6 is 0 Å². The lowest BCUT2D eigenvalue weighted by Gasteiger charge is -2.06. The number of nitrogens with zero attached hydrogens (tertiary/aromatic N) is 4. The van der Waals surface area contributed by atoms with Crippen LogP contribution in [0.1, 0.15) is 6.42 Å². The monoisotopic (exact) mass is 342 g/mol. The lowest BCUT2D eigenvalue weighted by Crippen LogP contribution is -2.48. The van der Waals surface area contributed by atoms with Crippen molar-refractivity contribution in [1.82, 2.24) is 30.4 Å². The lowest BCUT2D eigenvalue weighted by atomic mass is 10.4. The van der Waals surface area contributed by atoms with Gasteiger partial charge in [0.05, 0.1) is 12.7 Å². The van der Waals surface area contributed by atoms with Crippen LogP contribution in [0.25, 0.3) is 11.2 Å².